The molecule has 0 aliphatic rings. The number of amides is 3. The van der Waals surface area contributed by atoms with E-state index in [1.165, 1.54) is 5.56 Å². The number of hydrogen-bond donors (Lipinski definition) is 3. The molecule has 0 unspecified atom stereocenters. The van der Waals surface area contributed by atoms with Crippen LogP contribution in [0, 0.1) is 11.3 Å². The highest BCUT2D eigenvalue weighted by Crippen LogP contribution is 2.13. The van der Waals surface area contributed by atoms with Crippen molar-refractivity contribution in [1.82, 2.24) is 10.2 Å². The molecule has 3 aromatic carbocycles. The van der Waals surface area contributed by atoms with Crippen molar-refractivity contribution in [2.24, 2.45) is 0 Å². The zero-order chi connectivity index (χ0) is 23.6. The quantitative estimate of drug-likeness (QED) is 0.487. The number of benzene rings is 3. The number of carbonyl (C=O) groups is 2. The number of nitrogens with one attached hydrogen (secondary N) is 3. The van der Waals surface area contributed by atoms with Crippen molar-refractivity contribution in [2.75, 3.05) is 31.3 Å². The normalized spacial score (nSPS) is 10.4. The van der Waals surface area contributed by atoms with Crippen LogP contribution < -0.4 is 16.0 Å². The summed E-state index contributed by atoms with van der Waals surface area (Å²) < 4.78 is 0. The van der Waals surface area contributed by atoms with Crippen LogP contribution in [0.15, 0.2) is 72.8 Å². The Morgan fingerprint density at radius 3 is 2.21 bits per heavy atom. The second kappa shape index (κ2) is 11.5. The van der Waals surface area contributed by atoms with Gasteiger partial charge in [0.15, 0.2) is 0 Å². The lowest BCUT2D eigenvalue weighted by atomic mass is 10.1. The maximum Gasteiger partial charge on any atom is 0.319 e. The van der Waals surface area contributed by atoms with E-state index in [9.17, 15) is 9.59 Å². The smallest absolute Gasteiger partial charge is 0.319 e. The highest BCUT2D eigenvalue weighted by atomic mass is 16.2. The third kappa shape index (κ3) is 7.49. The van der Waals surface area contributed by atoms with Gasteiger partial charge in [-0.15, -0.1) is 0 Å². The van der Waals surface area contributed by atoms with E-state index in [4.69, 9.17) is 5.26 Å². The molecule has 0 saturated heterocycles. The van der Waals surface area contributed by atoms with Gasteiger partial charge in [-0.1, -0.05) is 24.3 Å². The Morgan fingerprint density at radius 1 is 0.879 bits per heavy atom. The fourth-order valence-corrected chi connectivity index (χ4v) is 3.12. The standard InChI is InChI=1S/C26H27N5O2/c1-31(2)15-14-19-6-10-23(11-7-19)29-25(32)22-5-3-4-21(16-22)18-28-26(33)30-24-12-8-20(17-27)9-13-24/h3-13,16H,14-15,18H2,1-2H3,(H,29,32)(H2,28,30,33). The zero-order valence-electron chi connectivity index (χ0n) is 18.8. The molecule has 0 spiro atoms. The Labute approximate surface area is 194 Å². The van der Waals surface area contributed by atoms with Crippen molar-refractivity contribution in [1.29, 1.82) is 5.26 Å². The summed E-state index contributed by atoms with van der Waals surface area (Å²) in [5, 5.41) is 17.2. The minimum absolute atomic E-state index is 0.208. The van der Waals surface area contributed by atoms with Gasteiger partial charge in [-0.05, 0) is 80.2 Å². The lowest BCUT2D eigenvalue weighted by Crippen LogP contribution is -2.28. The van der Waals surface area contributed by atoms with Crippen molar-refractivity contribution >= 4 is 23.3 Å². The maximum absolute atomic E-state index is 12.7. The lowest BCUT2D eigenvalue weighted by molar-refractivity contribution is 0.102. The molecule has 0 fully saturated rings. The molecular formula is C26H27N5O2. The summed E-state index contributed by atoms with van der Waals surface area (Å²) >= 11 is 0. The minimum Gasteiger partial charge on any atom is -0.334 e. The van der Waals surface area contributed by atoms with Crippen LogP contribution in [0.3, 0.4) is 0 Å². The monoisotopic (exact) mass is 441 g/mol. The van der Waals surface area contributed by atoms with Crippen molar-refractivity contribution in [3.05, 3.63) is 95.1 Å². The van der Waals surface area contributed by atoms with E-state index >= 15 is 0 Å². The summed E-state index contributed by atoms with van der Waals surface area (Å²) in [5.74, 6) is -0.208. The van der Waals surface area contributed by atoms with Crippen LogP contribution in [0.25, 0.3) is 0 Å². The topological polar surface area (TPSA) is 97.3 Å². The van der Waals surface area contributed by atoms with Gasteiger partial charge in [-0.2, -0.15) is 5.26 Å². The van der Waals surface area contributed by atoms with Crippen LogP contribution in [0.4, 0.5) is 16.2 Å². The summed E-state index contributed by atoms with van der Waals surface area (Å²) in [6.45, 7) is 1.24. The van der Waals surface area contributed by atoms with Gasteiger partial charge in [0.1, 0.15) is 0 Å². The van der Waals surface area contributed by atoms with Crippen LogP contribution in [0.1, 0.15) is 27.0 Å². The largest absolute Gasteiger partial charge is 0.334 e. The molecule has 0 radical (unpaired) electrons. The molecule has 3 rings (SSSR count). The Balaban J connectivity index is 1.52. The van der Waals surface area contributed by atoms with Gasteiger partial charge < -0.3 is 20.9 Å². The van der Waals surface area contributed by atoms with Crippen LogP contribution >= 0.6 is 0 Å². The lowest BCUT2D eigenvalue weighted by Gasteiger charge is -2.11. The molecule has 0 heterocycles. The molecule has 0 bridgehead atoms. The van der Waals surface area contributed by atoms with E-state index < -0.39 is 0 Å². The maximum atomic E-state index is 12.7. The van der Waals surface area contributed by atoms with Crippen molar-refractivity contribution < 1.29 is 9.59 Å². The van der Waals surface area contributed by atoms with E-state index in [0.29, 0.717) is 16.8 Å². The Bertz CT molecular complexity index is 1130. The van der Waals surface area contributed by atoms with Gasteiger partial charge in [0.2, 0.25) is 0 Å². The molecule has 3 N–H and O–H groups in total. The highest BCUT2D eigenvalue weighted by Gasteiger charge is 2.08. The van der Waals surface area contributed by atoms with Gasteiger partial charge >= 0.3 is 6.03 Å². The van der Waals surface area contributed by atoms with Gasteiger partial charge in [-0.25, -0.2) is 4.79 Å². The first-order valence-corrected chi connectivity index (χ1v) is 10.6. The Kier molecular flexibility index (Phi) is 8.17. The number of carbonyl (C=O) groups excluding carboxylic acids is 2. The summed E-state index contributed by atoms with van der Waals surface area (Å²) in [4.78, 5) is 26.9. The second-order valence-electron chi connectivity index (χ2n) is 7.90. The molecule has 33 heavy (non-hydrogen) atoms. The highest BCUT2D eigenvalue weighted by molar-refractivity contribution is 6.04. The summed E-state index contributed by atoms with van der Waals surface area (Å²) in [6.07, 6.45) is 0.953. The third-order valence-electron chi connectivity index (χ3n) is 4.97. The van der Waals surface area contributed by atoms with Crippen LogP contribution in [0.5, 0.6) is 0 Å². The van der Waals surface area contributed by atoms with Crippen molar-refractivity contribution in [2.45, 2.75) is 13.0 Å². The second-order valence-corrected chi connectivity index (χ2v) is 7.90. The Hall–Kier alpha value is -4.15. The number of anilines is 2. The molecule has 0 atom stereocenters. The third-order valence-corrected chi connectivity index (χ3v) is 4.97. The van der Waals surface area contributed by atoms with E-state index in [1.54, 1.807) is 42.5 Å². The molecule has 3 aromatic rings. The molecule has 7 heteroatoms. The van der Waals surface area contributed by atoms with Gasteiger partial charge in [0, 0.05) is 30.0 Å². The predicted molar refractivity (Wildman–Crippen MR) is 130 cm³/mol. The molecule has 0 saturated carbocycles. The fourth-order valence-electron chi connectivity index (χ4n) is 3.12. The number of hydrogen-bond acceptors (Lipinski definition) is 4. The SMILES string of the molecule is CN(C)CCc1ccc(NC(=O)c2cccc(CNC(=O)Nc3ccc(C#N)cc3)c2)cc1. The van der Waals surface area contributed by atoms with Crippen LogP contribution in [0.2, 0.25) is 0 Å². The first-order chi connectivity index (χ1) is 15.9. The van der Waals surface area contributed by atoms with Gasteiger partial charge in [-0.3, -0.25) is 4.79 Å². The molecule has 0 aliphatic carbocycles. The molecule has 0 aliphatic heterocycles. The summed E-state index contributed by atoms with van der Waals surface area (Å²) in [6, 6.07) is 23.2. The average molecular weight is 442 g/mol. The average Bonchev–Trinajstić information content (AvgIpc) is 2.83. The van der Waals surface area contributed by atoms with E-state index in [-0.39, 0.29) is 18.5 Å². The number of likely N-dealkylation sites (N-methyl/N-ethyl adjacent to an activating group) is 1. The number of nitrogens with zero attached hydrogens (tertiary/aromatic N) is 2. The van der Waals surface area contributed by atoms with E-state index in [2.05, 4.69) is 20.9 Å². The van der Waals surface area contributed by atoms with E-state index in [1.807, 2.05) is 50.5 Å². The predicted octanol–water partition coefficient (Wildman–Crippen LogP) is 4.24. The van der Waals surface area contributed by atoms with Gasteiger partial charge in [0.05, 0.1) is 11.6 Å². The van der Waals surface area contributed by atoms with Crippen molar-refractivity contribution in [3.8, 4) is 6.07 Å². The summed E-state index contributed by atoms with van der Waals surface area (Å²) in [7, 11) is 4.08. The number of rotatable bonds is 8. The molecule has 168 valence electrons. The van der Waals surface area contributed by atoms with Crippen molar-refractivity contribution in [3.63, 3.8) is 0 Å². The van der Waals surface area contributed by atoms with Crippen LogP contribution in [-0.2, 0) is 13.0 Å². The number of nitriles is 1. The molecule has 0 aromatic heterocycles. The minimum atomic E-state index is -0.371. The zero-order valence-corrected chi connectivity index (χ0v) is 18.8. The molecular weight excluding hydrogens is 414 g/mol. The fraction of sp³-hybridized carbons (Fsp3) is 0.192. The molecule has 3 amide bonds. The van der Waals surface area contributed by atoms with Crippen LogP contribution in [-0.4, -0.2) is 37.5 Å². The van der Waals surface area contributed by atoms with Gasteiger partial charge in [0.25, 0.3) is 5.91 Å². The summed E-state index contributed by atoms with van der Waals surface area (Å²) in [5.41, 5.74) is 4.38. The molecule has 7 nitrogen and oxygen atoms in total. The van der Waals surface area contributed by atoms with E-state index in [0.717, 1.165) is 24.2 Å². The number of urea groups is 1. The first-order valence-electron chi connectivity index (χ1n) is 10.6. The first kappa shape index (κ1) is 23.5. The Morgan fingerprint density at radius 2 is 1.55 bits per heavy atom.